The Bertz CT molecular complexity index is 319. The molecule has 0 fully saturated rings. The van der Waals surface area contributed by atoms with Gasteiger partial charge in [-0.1, -0.05) is 15.9 Å². The number of alkyl halides is 1. The summed E-state index contributed by atoms with van der Waals surface area (Å²) >= 11 is 8.60. The SMILES string of the molecule is Oc1ccc(Br)c(C(O)C(O)CCl)c1. The second-order valence-corrected chi connectivity index (χ2v) is 4.04. The molecule has 3 nitrogen and oxygen atoms in total. The molecule has 0 aliphatic rings. The van der Waals surface area contributed by atoms with Crippen LogP contribution in [0.3, 0.4) is 0 Å². The maximum Gasteiger partial charge on any atom is 0.116 e. The molecule has 0 aromatic heterocycles. The molecule has 1 rings (SSSR count). The molecule has 0 aliphatic heterocycles. The number of phenols is 1. The van der Waals surface area contributed by atoms with Gasteiger partial charge in [-0.2, -0.15) is 0 Å². The summed E-state index contributed by atoms with van der Waals surface area (Å²) < 4.78 is 0.618. The van der Waals surface area contributed by atoms with Crippen LogP contribution in [0, 0.1) is 0 Å². The van der Waals surface area contributed by atoms with E-state index >= 15 is 0 Å². The fourth-order valence-electron chi connectivity index (χ4n) is 1.05. The predicted molar refractivity (Wildman–Crippen MR) is 57.5 cm³/mol. The van der Waals surface area contributed by atoms with Gasteiger partial charge in [0.2, 0.25) is 0 Å². The summed E-state index contributed by atoms with van der Waals surface area (Å²) in [6.45, 7) is 0. The Morgan fingerprint density at radius 3 is 2.57 bits per heavy atom. The van der Waals surface area contributed by atoms with Crippen LogP contribution in [0.5, 0.6) is 5.75 Å². The lowest BCUT2D eigenvalue weighted by molar-refractivity contribution is 0.0321. The van der Waals surface area contributed by atoms with E-state index in [0.717, 1.165) is 0 Å². The van der Waals surface area contributed by atoms with Gasteiger partial charge in [-0.25, -0.2) is 0 Å². The van der Waals surface area contributed by atoms with Crippen LogP contribution in [0.4, 0.5) is 0 Å². The Morgan fingerprint density at radius 1 is 1.36 bits per heavy atom. The minimum absolute atomic E-state index is 0.0315. The summed E-state index contributed by atoms with van der Waals surface area (Å²) in [5.74, 6) is -0.0347. The van der Waals surface area contributed by atoms with Gasteiger partial charge in [0.1, 0.15) is 11.9 Å². The van der Waals surface area contributed by atoms with Crippen molar-refractivity contribution in [3.05, 3.63) is 28.2 Å². The molecule has 2 unspecified atom stereocenters. The number of halogens is 2. The quantitative estimate of drug-likeness (QED) is 0.740. The Morgan fingerprint density at radius 2 is 2.00 bits per heavy atom. The van der Waals surface area contributed by atoms with Gasteiger partial charge in [-0.05, 0) is 18.2 Å². The van der Waals surface area contributed by atoms with Gasteiger partial charge in [0.25, 0.3) is 0 Å². The molecule has 78 valence electrons. The fraction of sp³-hybridized carbons (Fsp3) is 0.333. The van der Waals surface area contributed by atoms with Crippen molar-refractivity contribution in [1.29, 1.82) is 0 Å². The smallest absolute Gasteiger partial charge is 0.116 e. The van der Waals surface area contributed by atoms with Crippen LogP contribution in [-0.4, -0.2) is 27.3 Å². The third-order valence-corrected chi connectivity index (χ3v) is 2.86. The fourth-order valence-corrected chi connectivity index (χ4v) is 1.70. The molecule has 0 radical (unpaired) electrons. The second kappa shape index (κ2) is 4.98. The van der Waals surface area contributed by atoms with Gasteiger partial charge in [-0.3, -0.25) is 0 Å². The maximum atomic E-state index is 9.62. The number of aromatic hydroxyl groups is 1. The minimum atomic E-state index is -1.10. The number of phenolic OH excluding ortho intramolecular Hbond substituents is 1. The van der Waals surface area contributed by atoms with Crippen LogP contribution >= 0.6 is 27.5 Å². The topological polar surface area (TPSA) is 60.7 Å². The van der Waals surface area contributed by atoms with Crippen LogP contribution in [0.25, 0.3) is 0 Å². The van der Waals surface area contributed by atoms with Crippen molar-refractivity contribution in [2.45, 2.75) is 12.2 Å². The largest absolute Gasteiger partial charge is 0.508 e. The van der Waals surface area contributed by atoms with E-state index < -0.39 is 12.2 Å². The van der Waals surface area contributed by atoms with Gasteiger partial charge in [0, 0.05) is 10.0 Å². The van der Waals surface area contributed by atoms with Crippen LogP contribution in [0.15, 0.2) is 22.7 Å². The summed E-state index contributed by atoms with van der Waals surface area (Å²) in [5, 5.41) is 28.1. The minimum Gasteiger partial charge on any atom is -0.508 e. The van der Waals surface area contributed by atoms with E-state index in [2.05, 4.69) is 15.9 Å². The Labute approximate surface area is 95.1 Å². The summed E-state index contributed by atoms with van der Waals surface area (Å²) in [6, 6.07) is 4.45. The van der Waals surface area contributed by atoms with Crippen molar-refractivity contribution in [3.8, 4) is 5.75 Å². The first kappa shape index (κ1) is 11.8. The summed E-state index contributed by atoms with van der Waals surface area (Å²) in [7, 11) is 0. The first-order chi connectivity index (χ1) is 6.56. The van der Waals surface area contributed by atoms with Gasteiger partial charge in [0.15, 0.2) is 0 Å². The molecular formula is C9H10BrClO3. The van der Waals surface area contributed by atoms with E-state index in [4.69, 9.17) is 11.6 Å². The molecule has 1 aromatic rings. The molecular weight excluding hydrogens is 271 g/mol. The summed E-state index contributed by atoms with van der Waals surface area (Å²) in [5.41, 5.74) is 0.415. The molecule has 14 heavy (non-hydrogen) atoms. The van der Waals surface area contributed by atoms with Crippen LogP contribution < -0.4 is 0 Å². The highest BCUT2D eigenvalue weighted by molar-refractivity contribution is 9.10. The zero-order valence-electron chi connectivity index (χ0n) is 7.19. The molecule has 0 aliphatic carbocycles. The zero-order chi connectivity index (χ0) is 10.7. The van der Waals surface area contributed by atoms with Crippen molar-refractivity contribution in [3.63, 3.8) is 0 Å². The molecule has 0 bridgehead atoms. The highest BCUT2D eigenvalue weighted by atomic mass is 79.9. The molecule has 0 spiro atoms. The second-order valence-electron chi connectivity index (χ2n) is 2.87. The third kappa shape index (κ3) is 2.60. The molecule has 3 N–H and O–H groups in total. The Kier molecular flexibility index (Phi) is 4.19. The monoisotopic (exact) mass is 280 g/mol. The van der Waals surface area contributed by atoms with E-state index in [-0.39, 0.29) is 11.6 Å². The number of rotatable bonds is 3. The summed E-state index contributed by atoms with van der Waals surface area (Å²) in [6.07, 6.45) is -2.15. The average Bonchev–Trinajstić information content (AvgIpc) is 2.19. The standard InChI is InChI=1S/C9H10BrClO3/c10-7-2-1-5(12)3-6(7)9(14)8(13)4-11/h1-3,8-9,12-14H,4H2. The van der Waals surface area contributed by atoms with Crippen molar-refractivity contribution in [2.75, 3.05) is 5.88 Å². The van der Waals surface area contributed by atoms with Crippen molar-refractivity contribution < 1.29 is 15.3 Å². The molecule has 0 saturated heterocycles. The van der Waals surface area contributed by atoms with Gasteiger partial charge in [-0.15, -0.1) is 11.6 Å². The van der Waals surface area contributed by atoms with E-state index in [9.17, 15) is 15.3 Å². The molecule has 1 aromatic carbocycles. The number of hydrogen-bond donors (Lipinski definition) is 3. The van der Waals surface area contributed by atoms with E-state index in [1.54, 1.807) is 6.07 Å². The van der Waals surface area contributed by atoms with Crippen molar-refractivity contribution in [2.24, 2.45) is 0 Å². The lowest BCUT2D eigenvalue weighted by Gasteiger charge is -2.17. The Balaban J connectivity index is 2.99. The first-order valence-corrected chi connectivity index (χ1v) is 5.29. The van der Waals surface area contributed by atoms with Crippen molar-refractivity contribution >= 4 is 27.5 Å². The van der Waals surface area contributed by atoms with E-state index in [1.165, 1.54) is 12.1 Å². The van der Waals surface area contributed by atoms with Crippen LogP contribution in [0.2, 0.25) is 0 Å². The summed E-state index contributed by atoms with van der Waals surface area (Å²) in [4.78, 5) is 0. The highest BCUT2D eigenvalue weighted by Crippen LogP contribution is 2.29. The van der Waals surface area contributed by atoms with Gasteiger partial charge >= 0.3 is 0 Å². The Hall–Kier alpha value is -0.290. The predicted octanol–water partition coefficient (Wildman–Crippen LogP) is 1.79. The first-order valence-electron chi connectivity index (χ1n) is 3.96. The van der Waals surface area contributed by atoms with Crippen LogP contribution in [-0.2, 0) is 0 Å². The normalized spacial score (nSPS) is 15.1. The highest BCUT2D eigenvalue weighted by Gasteiger charge is 2.19. The molecule has 0 amide bonds. The van der Waals surface area contributed by atoms with Gasteiger partial charge in [0.05, 0.1) is 12.0 Å². The average molecular weight is 282 g/mol. The number of hydrogen-bond acceptors (Lipinski definition) is 3. The lowest BCUT2D eigenvalue weighted by atomic mass is 10.1. The lowest BCUT2D eigenvalue weighted by Crippen LogP contribution is -2.19. The molecule has 2 atom stereocenters. The number of aliphatic hydroxyl groups is 2. The third-order valence-electron chi connectivity index (χ3n) is 1.82. The van der Waals surface area contributed by atoms with Gasteiger partial charge < -0.3 is 15.3 Å². The molecule has 5 heteroatoms. The molecule has 0 heterocycles. The van der Waals surface area contributed by atoms with Crippen molar-refractivity contribution in [1.82, 2.24) is 0 Å². The van der Waals surface area contributed by atoms with E-state index in [0.29, 0.717) is 10.0 Å². The zero-order valence-corrected chi connectivity index (χ0v) is 9.53. The molecule has 0 saturated carbocycles. The number of aliphatic hydroxyl groups excluding tert-OH is 2. The van der Waals surface area contributed by atoms with Crippen LogP contribution in [0.1, 0.15) is 11.7 Å². The number of benzene rings is 1. The maximum absolute atomic E-state index is 9.62. The van der Waals surface area contributed by atoms with E-state index in [1.807, 2.05) is 0 Å².